The van der Waals surface area contributed by atoms with Crippen LogP contribution in [-0.4, -0.2) is 55.6 Å². The van der Waals surface area contributed by atoms with Crippen LogP contribution in [0.4, 0.5) is 0 Å². The Kier molecular flexibility index (Phi) is 10.7. The van der Waals surface area contributed by atoms with E-state index in [4.69, 9.17) is 0 Å². The number of nitrogens with zero attached hydrogens (tertiary/aromatic N) is 2. The van der Waals surface area contributed by atoms with E-state index < -0.39 is 16.1 Å². The summed E-state index contributed by atoms with van der Waals surface area (Å²) in [5, 5.41) is 2.91. The van der Waals surface area contributed by atoms with Crippen LogP contribution >= 0.6 is 0 Å². The molecule has 0 spiro atoms. The highest BCUT2D eigenvalue weighted by Gasteiger charge is 2.29. The molecule has 0 aliphatic rings. The first-order valence-corrected chi connectivity index (χ1v) is 13.3. The predicted molar refractivity (Wildman–Crippen MR) is 135 cm³/mol. The standard InChI is InChI=1S/C26H37N3O4S/c1-5-18-27-26(31)24(6-2)29(20-22-14-11-10-13-21(22)3)25(30)17-12-19-28(4)34(32,33)23-15-8-7-9-16-23/h7-11,13-16,24H,5-6,12,17-20H2,1-4H3,(H,27,31). The summed E-state index contributed by atoms with van der Waals surface area (Å²) < 4.78 is 26.8. The van der Waals surface area contributed by atoms with Gasteiger partial charge in [0.05, 0.1) is 4.90 Å². The summed E-state index contributed by atoms with van der Waals surface area (Å²) in [6.45, 7) is 6.97. The third-order valence-electron chi connectivity index (χ3n) is 5.85. The molecule has 186 valence electrons. The van der Waals surface area contributed by atoms with Gasteiger partial charge in [-0.15, -0.1) is 0 Å². The monoisotopic (exact) mass is 487 g/mol. The van der Waals surface area contributed by atoms with Crippen LogP contribution < -0.4 is 5.32 Å². The Hall–Kier alpha value is -2.71. The number of rotatable bonds is 13. The zero-order valence-electron chi connectivity index (χ0n) is 20.7. The molecule has 0 saturated carbocycles. The zero-order chi connectivity index (χ0) is 25.1. The Bertz CT molecular complexity index is 1040. The second-order valence-corrected chi connectivity index (χ2v) is 10.5. The summed E-state index contributed by atoms with van der Waals surface area (Å²) in [7, 11) is -2.09. The van der Waals surface area contributed by atoms with Crippen LogP contribution in [0.25, 0.3) is 0 Å². The highest BCUT2D eigenvalue weighted by molar-refractivity contribution is 7.89. The maximum absolute atomic E-state index is 13.3. The fraction of sp³-hybridized carbons (Fsp3) is 0.462. The molecule has 2 rings (SSSR count). The van der Waals surface area contributed by atoms with E-state index in [-0.39, 0.29) is 29.7 Å². The quantitative estimate of drug-likeness (QED) is 0.466. The van der Waals surface area contributed by atoms with Gasteiger partial charge in [-0.05, 0) is 49.4 Å². The molecule has 8 heteroatoms. The Labute approximate surface area is 204 Å². The fourth-order valence-corrected chi connectivity index (χ4v) is 4.98. The Morgan fingerprint density at radius 2 is 1.65 bits per heavy atom. The van der Waals surface area contributed by atoms with E-state index >= 15 is 0 Å². The van der Waals surface area contributed by atoms with Gasteiger partial charge in [0.15, 0.2) is 0 Å². The third kappa shape index (κ3) is 7.40. The number of sulfonamides is 1. The number of benzene rings is 2. The molecular formula is C26H37N3O4S. The summed E-state index contributed by atoms with van der Waals surface area (Å²) in [5.41, 5.74) is 2.04. The van der Waals surface area contributed by atoms with Crippen molar-refractivity contribution >= 4 is 21.8 Å². The van der Waals surface area contributed by atoms with E-state index in [1.165, 1.54) is 11.4 Å². The molecule has 34 heavy (non-hydrogen) atoms. The minimum absolute atomic E-state index is 0.151. The van der Waals surface area contributed by atoms with Crippen molar-refractivity contribution in [2.45, 2.75) is 63.9 Å². The van der Waals surface area contributed by atoms with Crippen LogP contribution in [0, 0.1) is 6.92 Å². The maximum Gasteiger partial charge on any atom is 0.242 e. The SMILES string of the molecule is CCCNC(=O)C(CC)N(Cc1ccccc1C)C(=O)CCCN(C)S(=O)(=O)c1ccccc1. The summed E-state index contributed by atoms with van der Waals surface area (Å²) in [4.78, 5) is 28.0. The summed E-state index contributed by atoms with van der Waals surface area (Å²) in [5.74, 6) is -0.317. The van der Waals surface area contributed by atoms with Gasteiger partial charge in [-0.3, -0.25) is 9.59 Å². The normalized spacial score (nSPS) is 12.4. The first kappa shape index (κ1) is 27.5. The first-order chi connectivity index (χ1) is 16.2. The van der Waals surface area contributed by atoms with Gasteiger partial charge >= 0.3 is 0 Å². The van der Waals surface area contributed by atoms with Gasteiger partial charge in [0.2, 0.25) is 21.8 Å². The molecule has 2 aromatic rings. The lowest BCUT2D eigenvalue weighted by molar-refractivity contribution is -0.141. The van der Waals surface area contributed by atoms with E-state index in [1.54, 1.807) is 35.2 Å². The molecule has 0 saturated heterocycles. The lowest BCUT2D eigenvalue weighted by Crippen LogP contribution is -2.49. The molecule has 1 atom stereocenters. The smallest absolute Gasteiger partial charge is 0.242 e. The molecule has 0 aliphatic carbocycles. The minimum atomic E-state index is -3.61. The number of carbonyl (C=O) groups excluding carboxylic acids is 2. The van der Waals surface area contributed by atoms with Gasteiger partial charge in [-0.25, -0.2) is 12.7 Å². The molecule has 1 unspecified atom stereocenters. The summed E-state index contributed by atoms with van der Waals surface area (Å²) in [6, 6.07) is 15.5. The number of amides is 2. The number of hydrogen-bond acceptors (Lipinski definition) is 4. The van der Waals surface area contributed by atoms with Gasteiger partial charge in [-0.2, -0.15) is 0 Å². The molecular weight excluding hydrogens is 450 g/mol. The largest absolute Gasteiger partial charge is 0.354 e. The van der Waals surface area contributed by atoms with E-state index in [0.29, 0.717) is 25.9 Å². The number of carbonyl (C=O) groups is 2. The van der Waals surface area contributed by atoms with Crippen LogP contribution in [0.2, 0.25) is 0 Å². The molecule has 2 amide bonds. The number of hydrogen-bond donors (Lipinski definition) is 1. The molecule has 0 radical (unpaired) electrons. The summed E-state index contributed by atoms with van der Waals surface area (Å²) >= 11 is 0. The highest BCUT2D eigenvalue weighted by atomic mass is 32.2. The first-order valence-electron chi connectivity index (χ1n) is 11.8. The van der Waals surface area contributed by atoms with Crippen molar-refractivity contribution in [2.75, 3.05) is 20.1 Å². The minimum Gasteiger partial charge on any atom is -0.354 e. The lowest BCUT2D eigenvalue weighted by atomic mass is 10.1. The van der Waals surface area contributed by atoms with Crippen LogP contribution in [0.15, 0.2) is 59.5 Å². The van der Waals surface area contributed by atoms with Crippen molar-refractivity contribution in [3.63, 3.8) is 0 Å². The molecule has 0 fully saturated rings. The van der Waals surface area contributed by atoms with Crippen molar-refractivity contribution in [3.05, 3.63) is 65.7 Å². The topological polar surface area (TPSA) is 86.8 Å². The maximum atomic E-state index is 13.3. The van der Waals surface area contributed by atoms with Crippen molar-refractivity contribution < 1.29 is 18.0 Å². The van der Waals surface area contributed by atoms with Gasteiger partial charge < -0.3 is 10.2 Å². The van der Waals surface area contributed by atoms with Crippen LogP contribution in [-0.2, 0) is 26.2 Å². The molecule has 0 bridgehead atoms. The van der Waals surface area contributed by atoms with Gasteiger partial charge in [0.25, 0.3) is 0 Å². The Balaban J connectivity index is 2.12. The predicted octanol–water partition coefficient (Wildman–Crippen LogP) is 3.73. The molecule has 7 nitrogen and oxygen atoms in total. The molecule has 0 aliphatic heterocycles. The van der Waals surface area contributed by atoms with Crippen molar-refractivity contribution in [1.29, 1.82) is 0 Å². The summed E-state index contributed by atoms with van der Waals surface area (Å²) in [6.07, 6.45) is 1.82. The average Bonchev–Trinajstić information content (AvgIpc) is 2.84. The number of nitrogens with one attached hydrogen (secondary N) is 1. The van der Waals surface area contributed by atoms with E-state index in [1.807, 2.05) is 45.0 Å². The van der Waals surface area contributed by atoms with E-state index in [9.17, 15) is 18.0 Å². The van der Waals surface area contributed by atoms with Crippen molar-refractivity contribution in [2.24, 2.45) is 0 Å². The van der Waals surface area contributed by atoms with Gasteiger partial charge in [0, 0.05) is 33.1 Å². The van der Waals surface area contributed by atoms with Crippen LogP contribution in [0.1, 0.15) is 50.7 Å². The molecule has 1 N–H and O–H groups in total. The molecule has 0 heterocycles. The van der Waals surface area contributed by atoms with E-state index in [0.717, 1.165) is 17.5 Å². The van der Waals surface area contributed by atoms with Crippen LogP contribution in [0.3, 0.4) is 0 Å². The van der Waals surface area contributed by atoms with Crippen LogP contribution in [0.5, 0.6) is 0 Å². The zero-order valence-corrected chi connectivity index (χ0v) is 21.5. The fourth-order valence-electron chi connectivity index (χ4n) is 3.75. The van der Waals surface area contributed by atoms with E-state index in [2.05, 4.69) is 5.32 Å². The number of aryl methyl sites for hydroxylation is 1. The Morgan fingerprint density at radius 3 is 2.26 bits per heavy atom. The lowest BCUT2D eigenvalue weighted by Gasteiger charge is -2.31. The molecule has 2 aromatic carbocycles. The second kappa shape index (κ2) is 13.2. The Morgan fingerprint density at radius 1 is 1.00 bits per heavy atom. The average molecular weight is 488 g/mol. The van der Waals surface area contributed by atoms with Gasteiger partial charge in [0.1, 0.15) is 6.04 Å². The van der Waals surface area contributed by atoms with Crippen molar-refractivity contribution in [3.8, 4) is 0 Å². The second-order valence-electron chi connectivity index (χ2n) is 8.41. The highest BCUT2D eigenvalue weighted by Crippen LogP contribution is 2.18. The third-order valence-corrected chi connectivity index (χ3v) is 7.72. The molecule has 0 aromatic heterocycles. The van der Waals surface area contributed by atoms with Gasteiger partial charge in [-0.1, -0.05) is 56.3 Å². The van der Waals surface area contributed by atoms with Crippen molar-refractivity contribution in [1.82, 2.24) is 14.5 Å².